The maximum Gasteiger partial charge on any atom is 0.321 e. The Morgan fingerprint density at radius 1 is 1.20 bits per heavy atom. The summed E-state index contributed by atoms with van der Waals surface area (Å²) in [6.45, 7) is 13.0. The van der Waals surface area contributed by atoms with E-state index < -0.39 is 0 Å². The number of urea groups is 1. The van der Waals surface area contributed by atoms with Crippen LogP contribution in [0.25, 0.3) is 0 Å². The van der Waals surface area contributed by atoms with Crippen molar-refractivity contribution in [3.63, 3.8) is 0 Å². The summed E-state index contributed by atoms with van der Waals surface area (Å²) in [6.07, 6.45) is 0. The van der Waals surface area contributed by atoms with E-state index in [1.165, 1.54) is 16.8 Å². The predicted molar refractivity (Wildman–Crippen MR) is 83.0 cm³/mol. The molecule has 1 aliphatic rings. The highest BCUT2D eigenvalue weighted by Gasteiger charge is 2.22. The number of allylic oxidation sites excluding steroid dienone is 1. The summed E-state index contributed by atoms with van der Waals surface area (Å²) in [6, 6.07) is 6.34. The minimum absolute atomic E-state index is 0.0434. The number of nitrogens with one attached hydrogen (secondary N) is 1. The Kier molecular flexibility index (Phi) is 4.32. The van der Waals surface area contributed by atoms with E-state index >= 15 is 0 Å². The fourth-order valence-electron chi connectivity index (χ4n) is 2.49. The molecule has 0 aliphatic carbocycles. The first-order valence-corrected chi connectivity index (χ1v) is 7.01. The van der Waals surface area contributed by atoms with Crippen LogP contribution in [0.15, 0.2) is 30.5 Å². The molecule has 108 valence electrons. The number of hydrogen-bond donors (Lipinski definition) is 1. The van der Waals surface area contributed by atoms with Crippen molar-refractivity contribution in [1.82, 2.24) is 10.2 Å². The molecular formula is C16H23N3O. The summed E-state index contributed by atoms with van der Waals surface area (Å²) in [4.78, 5) is 16.1. The second-order valence-electron chi connectivity index (χ2n) is 5.40. The van der Waals surface area contributed by atoms with Gasteiger partial charge < -0.3 is 15.1 Å². The zero-order valence-corrected chi connectivity index (χ0v) is 12.6. The number of carbonyl (C=O) groups is 1. The molecule has 0 spiro atoms. The standard InChI is InChI=1S/C16H23N3O/c1-12(2)17-16(20)19-10-8-18(9-11-19)15-7-5-6-13(3)14(15)4/h5-7H,1,8-11H2,2-4H3,(H,17,20). The van der Waals surface area contributed by atoms with Gasteiger partial charge in [-0.3, -0.25) is 0 Å². The van der Waals surface area contributed by atoms with Crippen molar-refractivity contribution in [1.29, 1.82) is 0 Å². The minimum Gasteiger partial charge on any atom is -0.368 e. The molecule has 1 N–H and O–H groups in total. The van der Waals surface area contributed by atoms with Crippen LogP contribution in [0, 0.1) is 13.8 Å². The average molecular weight is 273 g/mol. The number of carbonyl (C=O) groups excluding carboxylic acids is 1. The lowest BCUT2D eigenvalue weighted by atomic mass is 10.1. The van der Waals surface area contributed by atoms with Crippen LogP contribution in [0.2, 0.25) is 0 Å². The Morgan fingerprint density at radius 2 is 1.85 bits per heavy atom. The molecule has 0 atom stereocenters. The van der Waals surface area contributed by atoms with Crippen LogP contribution in [0.5, 0.6) is 0 Å². The van der Waals surface area contributed by atoms with Crippen LogP contribution in [-0.2, 0) is 0 Å². The van der Waals surface area contributed by atoms with Crippen molar-refractivity contribution >= 4 is 11.7 Å². The van der Waals surface area contributed by atoms with E-state index in [4.69, 9.17) is 0 Å². The number of piperazine rings is 1. The monoisotopic (exact) mass is 273 g/mol. The molecule has 1 aromatic rings. The van der Waals surface area contributed by atoms with Crippen molar-refractivity contribution in [2.45, 2.75) is 20.8 Å². The predicted octanol–water partition coefficient (Wildman–Crippen LogP) is 2.67. The Balaban J connectivity index is 1.99. The largest absolute Gasteiger partial charge is 0.368 e. The first-order chi connectivity index (χ1) is 9.49. The topological polar surface area (TPSA) is 35.6 Å². The van der Waals surface area contributed by atoms with Crippen LogP contribution in [0.1, 0.15) is 18.1 Å². The van der Waals surface area contributed by atoms with Crippen molar-refractivity contribution < 1.29 is 4.79 Å². The van der Waals surface area contributed by atoms with Gasteiger partial charge in [0.25, 0.3) is 0 Å². The summed E-state index contributed by atoms with van der Waals surface area (Å²) in [7, 11) is 0. The molecule has 20 heavy (non-hydrogen) atoms. The number of rotatable bonds is 2. The molecule has 1 heterocycles. The smallest absolute Gasteiger partial charge is 0.321 e. The molecule has 2 rings (SSSR count). The highest BCUT2D eigenvalue weighted by Crippen LogP contribution is 2.23. The first-order valence-electron chi connectivity index (χ1n) is 7.01. The quantitative estimate of drug-likeness (QED) is 0.899. The lowest BCUT2D eigenvalue weighted by Gasteiger charge is -2.37. The average Bonchev–Trinajstić information content (AvgIpc) is 2.41. The number of amides is 2. The third-order valence-electron chi connectivity index (χ3n) is 3.80. The minimum atomic E-state index is -0.0434. The van der Waals surface area contributed by atoms with Crippen LogP contribution >= 0.6 is 0 Å². The van der Waals surface area contributed by atoms with Crippen molar-refractivity contribution in [3.05, 3.63) is 41.6 Å². The number of nitrogens with zero attached hydrogens (tertiary/aromatic N) is 2. The van der Waals surface area contributed by atoms with Crippen molar-refractivity contribution in [2.24, 2.45) is 0 Å². The van der Waals surface area contributed by atoms with Gasteiger partial charge >= 0.3 is 6.03 Å². The Hall–Kier alpha value is -1.97. The number of hydrogen-bond acceptors (Lipinski definition) is 2. The molecular weight excluding hydrogens is 250 g/mol. The number of aryl methyl sites for hydroxylation is 1. The van der Waals surface area contributed by atoms with E-state index in [1.807, 2.05) is 4.90 Å². The highest BCUT2D eigenvalue weighted by atomic mass is 16.2. The van der Waals surface area contributed by atoms with E-state index in [2.05, 4.69) is 48.8 Å². The van der Waals surface area contributed by atoms with Crippen LogP contribution in [0.4, 0.5) is 10.5 Å². The zero-order valence-electron chi connectivity index (χ0n) is 12.6. The molecule has 1 aliphatic heterocycles. The van der Waals surface area contributed by atoms with Gasteiger partial charge in [0.2, 0.25) is 0 Å². The molecule has 0 radical (unpaired) electrons. The highest BCUT2D eigenvalue weighted by molar-refractivity contribution is 5.76. The molecule has 0 unspecified atom stereocenters. The van der Waals surface area contributed by atoms with Gasteiger partial charge in [0.05, 0.1) is 0 Å². The Bertz CT molecular complexity index is 516. The molecule has 0 saturated carbocycles. The Labute approximate surface area is 121 Å². The summed E-state index contributed by atoms with van der Waals surface area (Å²) in [5.41, 5.74) is 4.61. The van der Waals surface area contributed by atoms with Gasteiger partial charge in [-0.25, -0.2) is 4.79 Å². The molecule has 1 aromatic carbocycles. The maximum absolute atomic E-state index is 11.9. The number of anilines is 1. The lowest BCUT2D eigenvalue weighted by Crippen LogP contribution is -2.51. The van der Waals surface area contributed by atoms with E-state index in [9.17, 15) is 4.79 Å². The van der Waals surface area contributed by atoms with E-state index in [0.29, 0.717) is 5.70 Å². The molecule has 0 bridgehead atoms. The van der Waals surface area contributed by atoms with Crippen molar-refractivity contribution in [3.8, 4) is 0 Å². The van der Waals surface area contributed by atoms with Gasteiger partial charge in [0, 0.05) is 37.6 Å². The van der Waals surface area contributed by atoms with E-state index in [-0.39, 0.29) is 6.03 Å². The fraction of sp³-hybridized carbons (Fsp3) is 0.438. The molecule has 1 saturated heterocycles. The normalized spacial score (nSPS) is 15.2. The summed E-state index contributed by atoms with van der Waals surface area (Å²) in [5, 5.41) is 2.76. The van der Waals surface area contributed by atoms with E-state index in [0.717, 1.165) is 26.2 Å². The summed E-state index contributed by atoms with van der Waals surface area (Å²) >= 11 is 0. The lowest BCUT2D eigenvalue weighted by molar-refractivity contribution is 0.197. The fourth-order valence-corrected chi connectivity index (χ4v) is 2.49. The van der Waals surface area contributed by atoms with Gasteiger partial charge in [0.1, 0.15) is 0 Å². The summed E-state index contributed by atoms with van der Waals surface area (Å²) < 4.78 is 0. The van der Waals surface area contributed by atoms with Crippen molar-refractivity contribution in [2.75, 3.05) is 31.1 Å². The van der Waals surface area contributed by atoms with Gasteiger partial charge in [-0.15, -0.1) is 0 Å². The Morgan fingerprint density at radius 3 is 2.45 bits per heavy atom. The second kappa shape index (κ2) is 5.99. The molecule has 2 amide bonds. The number of benzene rings is 1. The molecule has 4 heteroatoms. The van der Waals surface area contributed by atoms with Crippen LogP contribution < -0.4 is 10.2 Å². The molecule has 4 nitrogen and oxygen atoms in total. The van der Waals surface area contributed by atoms with Gasteiger partial charge in [-0.2, -0.15) is 0 Å². The van der Waals surface area contributed by atoms with Crippen LogP contribution in [0.3, 0.4) is 0 Å². The zero-order chi connectivity index (χ0) is 14.7. The molecule has 0 aromatic heterocycles. The van der Waals surface area contributed by atoms with Gasteiger partial charge in [-0.1, -0.05) is 18.7 Å². The van der Waals surface area contributed by atoms with Crippen LogP contribution in [-0.4, -0.2) is 37.1 Å². The molecule has 1 fully saturated rings. The maximum atomic E-state index is 11.9. The van der Waals surface area contributed by atoms with Gasteiger partial charge in [-0.05, 0) is 38.0 Å². The summed E-state index contributed by atoms with van der Waals surface area (Å²) in [5.74, 6) is 0. The second-order valence-corrected chi connectivity index (χ2v) is 5.40. The SMILES string of the molecule is C=C(C)NC(=O)N1CCN(c2cccc(C)c2C)CC1. The third kappa shape index (κ3) is 3.13. The first kappa shape index (κ1) is 14.4. The van der Waals surface area contributed by atoms with E-state index in [1.54, 1.807) is 6.92 Å². The van der Waals surface area contributed by atoms with Gasteiger partial charge in [0.15, 0.2) is 0 Å². The third-order valence-corrected chi connectivity index (χ3v) is 3.80.